The highest BCUT2D eigenvalue weighted by molar-refractivity contribution is 5.81. The molecule has 41 heavy (non-hydrogen) atoms. The summed E-state index contributed by atoms with van der Waals surface area (Å²) in [7, 11) is 1.76. The van der Waals surface area contributed by atoms with E-state index in [2.05, 4.69) is 77.2 Å². The van der Waals surface area contributed by atoms with Crippen molar-refractivity contribution in [3.05, 3.63) is 66.3 Å². The fourth-order valence-electron chi connectivity index (χ4n) is 9.78. The first kappa shape index (κ1) is 27.5. The Balaban J connectivity index is 1.17. The van der Waals surface area contributed by atoms with Gasteiger partial charge in [-0.1, -0.05) is 62.1 Å². The molecule has 5 nitrogen and oxygen atoms in total. The lowest BCUT2D eigenvalue weighted by atomic mass is 9.62. The van der Waals surface area contributed by atoms with Crippen LogP contribution in [-0.2, 0) is 4.79 Å². The summed E-state index contributed by atoms with van der Waals surface area (Å²) in [6.07, 6.45) is 22.4. The van der Waals surface area contributed by atoms with Gasteiger partial charge in [-0.15, -0.1) is 6.58 Å². The van der Waals surface area contributed by atoms with Crippen molar-refractivity contribution < 1.29 is 9.53 Å². The van der Waals surface area contributed by atoms with Crippen LogP contribution in [0.25, 0.3) is 0 Å². The molecule has 6 aliphatic rings. The molecule has 1 amide bonds. The van der Waals surface area contributed by atoms with E-state index >= 15 is 0 Å². The van der Waals surface area contributed by atoms with Crippen LogP contribution in [0.3, 0.4) is 0 Å². The van der Waals surface area contributed by atoms with E-state index in [9.17, 15) is 4.79 Å². The van der Waals surface area contributed by atoms with Crippen LogP contribution >= 0.6 is 0 Å². The summed E-state index contributed by atoms with van der Waals surface area (Å²) in [5, 5.41) is 3.40. The number of piperidine rings is 2. The lowest BCUT2D eigenvalue weighted by Crippen LogP contribution is -2.73. The van der Waals surface area contributed by atoms with Gasteiger partial charge in [-0.3, -0.25) is 14.6 Å². The summed E-state index contributed by atoms with van der Waals surface area (Å²) < 4.78 is 5.71. The maximum atomic E-state index is 13.3. The molecule has 8 atom stereocenters. The van der Waals surface area contributed by atoms with Gasteiger partial charge in [-0.2, -0.15) is 0 Å². The standard InChI is InChI=1S/C36H49N3O2/c1-4-22-38-32-21-20-30(32)36(38)31-19-14-24(2)39(34(31)36)33(27-10-9-13-29(23-27)41-3)25-15-17-26(18-16-25)35(40)37-28-11-7-5-6-8-12-28/h4,9-10,13,15-17,23-24,26,28,30-34H,1,5-8,11-12,14,18-22H2,2-3H3,(H,37,40). The fourth-order valence-corrected chi connectivity index (χ4v) is 9.78. The molecule has 3 saturated carbocycles. The number of carbonyl (C=O) groups excluding carboxylic acids is 1. The Labute approximate surface area is 247 Å². The third-order valence-corrected chi connectivity index (χ3v) is 11.8. The number of allylic oxidation sites excluding steroid dienone is 1. The minimum absolute atomic E-state index is 0.0720. The highest BCUT2D eigenvalue weighted by Gasteiger charge is 2.83. The molecule has 7 rings (SSSR count). The molecule has 2 saturated heterocycles. The number of likely N-dealkylation sites (tertiary alicyclic amines) is 2. The van der Waals surface area contributed by atoms with Crippen LogP contribution in [-0.4, -0.2) is 59.1 Å². The first-order chi connectivity index (χ1) is 20.1. The summed E-state index contributed by atoms with van der Waals surface area (Å²) in [6, 6.07) is 11.1. The number of amides is 1. The normalized spacial score (nSPS) is 37.5. The van der Waals surface area contributed by atoms with Crippen molar-refractivity contribution in [2.45, 2.75) is 113 Å². The number of methoxy groups -OCH3 is 1. The number of fused-ring (bicyclic) bond motifs is 5. The van der Waals surface area contributed by atoms with Gasteiger partial charge in [-0.05, 0) is 87.0 Å². The maximum absolute atomic E-state index is 13.3. The van der Waals surface area contributed by atoms with E-state index in [4.69, 9.17) is 4.74 Å². The van der Waals surface area contributed by atoms with Crippen molar-refractivity contribution in [3.63, 3.8) is 0 Å². The summed E-state index contributed by atoms with van der Waals surface area (Å²) in [4.78, 5) is 19.0. The number of carbonyl (C=O) groups is 1. The quantitative estimate of drug-likeness (QED) is 0.291. The monoisotopic (exact) mass is 555 g/mol. The second-order valence-electron chi connectivity index (χ2n) is 13.8. The number of rotatable bonds is 8. The molecule has 1 aromatic carbocycles. The van der Waals surface area contributed by atoms with Crippen molar-refractivity contribution in [2.75, 3.05) is 13.7 Å². The van der Waals surface area contributed by atoms with Crippen molar-refractivity contribution >= 4 is 5.91 Å². The highest BCUT2D eigenvalue weighted by Crippen LogP contribution is 2.73. The molecular weight excluding hydrogens is 506 g/mol. The largest absolute Gasteiger partial charge is 0.497 e. The van der Waals surface area contributed by atoms with Gasteiger partial charge in [0.05, 0.1) is 19.1 Å². The van der Waals surface area contributed by atoms with E-state index < -0.39 is 0 Å². The number of nitrogens with zero attached hydrogens (tertiary/aromatic N) is 2. The van der Waals surface area contributed by atoms with E-state index in [0.29, 0.717) is 23.7 Å². The van der Waals surface area contributed by atoms with Crippen molar-refractivity contribution in [3.8, 4) is 5.75 Å². The van der Waals surface area contributed by atoms with Crippen molar-refractivity contribution in [2.24, 2.45) is 17.8 Å². The number of hydrogen-bond donors (Lipinski definition) is 1. The zero-order chi connectivity index (χ0) is 28.1. The average molecular weight is 556 g/mol. The third kappa shape index (κ3) is 4.45. The van der Waals surface area contributed by atoms with Gasteiger partial charge in [0.1, 0.15) is 5.75 Å². The SMILES string of the molecule is C=CCN1C2CCC2C12C1CCC(C)N(C(C3=CCC(C(=O)NC4CCCCCC4)C=C3)c3cccc(OC)c3)C12. The third-order valence-electron chi connectivity index (χ3n) is 11.8. The molecular formula is C36H49N3O2. The molecule has 0 bridgehead atoms. The first-order valence-corrected chi connectivity index (χ1v) is 16.6. The average Bonchev–Trinajstić information content (AvgIpc) is 3.71. The van der Waals surface area contributed by atoms with Gasteiger partial charge in [0.25, 0.3) is 0 Å². The van der Waals surface area contributed by atoms with Gasteiger partial charge in [-0.25, -0.2) is 0 Å². The van der Waals surface area contributed by atoms with E-state index in [1.54, 1.807) is 7.11 Å². The second kappa shape index (κ2) is 11.0. The zero-order valence-electron chi connectivity index (χ0n) is 25.1. The van der Waals surface area contributed by atoms with Crippen molar-refractivity contribution in [1.29, 1.82) is 0 Å². The van der Waals surface area contributed by atoms with Gasteiger partial charge in [0.15, 0.2) is 0 Å². The molecule has 5 heteroatoms. The summed E-state index contributed by atoms with van der Waals surface area (Å²) in [6.45, 7) is 7.59. The van der Waals surface area contributed by atoms with E-state index in [0.717, 1.165) is 49.4 Å². The number of nitrogens with one attached hydrogen (secondary N) is 1. The minimum atomic E-state index is -0.0720. The van der Waals surface area contributed by atoms with Crippen LogP contribution in [0.4, 0.5) is 0 Å². The van der Waals surface area contributed by atoms with Gasteiger partial charge in [0, 0.05) is 36.3 Å². The Morgan fingerprint density at radius 2 is 1.93 bits per heavy atom. The van der Waals surface area contributed by atoms with Crippen LogP contribution in [0.5, 0.6) is 5.75 Å². The van der Waals surface area contributed by atoms with Crippen LogP contribution in [0.1, 0.15) is 89.2 Å². The van der Waals surface area contributed by atoms with E-state index in [1.807, 2.05) is 0 Å². The van der Waals surface area contributed by atoms with Crippen LogP contribution < -0.4 is 10.1 Å². The topological polar surface area (TPSA) is 44.8 Å². The molecule has 2 heterocycles. The van der Waals surface area contributed by atoms with E-state index in [1.165, 1.54) is 62.5 Å². The Kier molecular flexibility index (Phi) is 7.39. The van der Waals surface area contributed by atoms with Gasteiger partial charge >= 0.3 is 0 Å². The second-order valence-corrected chi connectivity index (χ2v) is 13.8. The lowest BCUT2D eigenvalue weighted by molar-refractivity contribution is -0.149. The molecule has 220 valence electrons. The molecule has 4 aliphatic carbocycles. The number of benzene rings is 1. The summed E-state index contributed by atoms with van der Waals surface area (Å²) >= 11 is 0. The summed E-state index contributed by atoms with van der Waals surface area (Å²) in [5.41, 5.74) is 2.97. The first-order valence-electron chi connectivity index (χ1n) is 16.6. The van der Waals surface area contributed by atoms with Crippen LogP contribution in [0.15, 0.2) is 60.7 Å². The Morgan fingerprint density at radius 3 is 2.61 bits per heavy atom. The van der Waals surface area contributed by atoms with Gasteiger partial charge < -0.3 is 10.1 Å². The molecule has 1 N–H and O–H groups in total. The summed E-state index contributed by atoms with van der Waals surface area (Å²) in [5.74, 6) is 2.65. The molecule has 2 aliphatic heterocycles. The molecule has 0 radical (unpaired) electrons. The van der Waals surface area contributed by atoms with Crippen LogP contribution in [0, 0.1) is 17.8 Å². The smallest absolute Gasteiger partial charge is 0.227 e. The Bertz CT molecular complexity index is 1210. The van der Waals surface area contributed by atoms with Crippen molar-refractivity contribution in [1.82, 2.24) is 15.1 Å². The molecule has 8 unspecified atom stereocenters. The predicted molar refractivity (Wildman–Crippen MR) is 165 cm³/mol. The highest BCUT2D eigenvalue weighted by atomic mass is 16.5. The van der Waals surface area contributed by atoms with Crippen LogP contribution in [0.2, 0.25) is 0 Å². The van der Waals surface area contributed by atoms with E-state index in [-0.39, 0.29) is 17.9 Å². The Morgan fingerprint density at radius 1 is 1.12 bits per heavy atom. The lowest BCUT2D eigenvalue weighted by Gasteiger charge is -2.64. The molecule has 1 aromatic rings. The fraction of sp³-hybridized carbons (Fsp3) is 0.639. The maximum Gasteiger partial charge on any atom is 0.227 e. The number of ether oxygens (including phenoxy) is 1. The zero-order valence-corrected chi connectivity index (χ0v) is 25.1. The molecule has 1 spiro atoms. The van der Waals surface area contributed by atoms with Gasteiger partial charge in [0.2, 0.25) is 5.91 Å². The number of hydrogen-bond acceptors (Lipinski definition) is 4. The molecule has 0 aromatic heterocycles. The minimum Gasteiger partial charge on any atom is -0.497 e. The predicted octanol–water partition coefficient (Wildman–Crippen LogP) is 6.58. The Hall–Kier alpha value is -2.37. The molecule has 5 fully saturated rings.